The molecule has 0 radical (unpaired) electrons. The van der Waals surface area contributed by atoms with E-state index in [4.69, 9.17) is 4.74 Å². The molecule has 156 valence electrons. The molecule has 0 fully saturated rings. The summed E-state index contributed by atoms with van der Waals surface area (Å²) in [5, 5.41) is 14.4. The van der Waals surface area contributed by atoms with E-state index in [2.05, 4.69) is 25.8 Å². The number of aromatic nitrogens is 3. The van der Waals surface area contributed by atoms with E-state index < -0.39 is 11.6 Å². The molecule has 0 saturated heterocycles. The topological polar surface area (TPSA) is 76.4 Å². The Morgan fingerprint density at radius 1 is 1.25 bits per heavy atom. The van der Waals surface area contributed by atoms with Crippen LogP contribution < -0.4 is 10.6 Å². The first-order chi connectivity index (χ1) is 13.0. The maximum atomic E-state index is 13.8. The zero-order chi connectivity index (χ0) is 19.6. The first kappa shape index (κ1) is 24.2. The predicted octanol–water partition coefficient (Wildman–Crippen LogP) is 2.68. The molecule has 2 N–H and O–H groups in total. The summed E-state index contributed by atoms with van der Waals surface area (Å²) in [7, 11) is 1.88. The first-order valence-electron chi connectivity index (χ1n) is 8.90. The van der Waals surface area contributed by atoms with Gasteiger partial charge < -0.3 is 19.9 Å². The van der Waals surface area contributed by atoms with Gasteiger partial charge in [-0.05, 0) is 38.5 Å². The maximum Gasteiger partial charge on any atom is 0.191 e. The lowest BCUT2D eigenvalue weighted by atomic mass is 10.2. The summed E-state index contributed by atoms with van der Waals surface area (Å²) in [6, 6.07) is 3.34. The molecule has 0 saturated carbocycles. The largest absolute Gasteiger partial charge is 0.382 e. The van der Waals surface area contributed by atoms with E-state index in [1.807, 2.05) is 25.5 Å². The molecular formula is C18H27F2IN6O. The van der Waals surface area contributed by atoms with E-state index >= 15 is 0 Å². The van der Waals surface area contributed by atoms with Crippen LogP contribution in [-0.4, -0.2) is 40.5 Å². The Bertz CT molecular complexity index is 769. The van der Waals surface area contributed by atoms with E-state index in [1.54, 1.807) is 0 Å². The Hall–Kier alpha value is -1.82. The highest BCUT2D eigenvalue weighted by molar-refractivity contribution is 14.0. The number of guanidine groups is 1. The normalized spacial score (nSPS) is 11.2. The van der Waals surface area contributed by atoms with Crippen LogP contribution in [0.15, 0.2) is 23.2 Å². The van der Waals surface area contributed by atoms with Crippen molar-refractivity contribution in [3.8, 4) is 0 Å². The molecule has 28 heavy (non-hydrogen) atoms. The number of hydrogen-bond donors (Lipinski definition) is 2. The molecule has 0 spiro atoms. The Labute approximate surface area is 181 Å². The molecule has 0 amide bonds. The monoisotopic (exact) mass is 508 g/mol. The lowest BCUT2D eigenvalue weighted by molar-refractivity contribution is 0.145. The van der Waals surface area contributed by atoms with Crippen LogP contribution in [0.1, 0.15) is 30.6 Å². The fourth-order valence-electron chi connectivity index (χ4n) is 2.30. The van der Waals surface area contributed by atoms with Crippen molar-refractivity contribution in [3.63, 3.8) is 0 Å². The zero-order valence-electron chi connectivity index (χ0n) is 16.3. The average molecular weight is 508 g/mol. The molecule has 0 unspecified atom stereocenters. The van der Waals surface area contributed by atoms with Crippen molar-refractivity contribution >= 4 is 29.9 Å². The van der Waals surface area contributed by atoms with Crippen LogP contribution in [0.4, 0.5) is 8.78 Å². The molecule has 1 heterocycles. The van der Waals surface area contributed by atoms with Crippen molar-refractivity contribution in [1.82, 2.24) is 25.4 Å². The van der Waals surface area contributed by atoms with E-state index in [-0.39, 0.29) is 36.1 Å². The molecule has 0 atom stereocenters. The van der Waals surface area contributed by atoms with Crippen molar-refractivity contribution in [3.05, 3.63) is 47.0 Å². The second kappa shape index (κ2) is 12.6. The first-order valence-corrected chi connectivity index (χ1v) is 8.90. The van der Waals surface area contributed by atoms with Crippen LogP contribution in [0, 0.1) is 18.6 Å². The van der Waals surface area contributed by atoms with Crippen molar-refractivity contribution in [2.75, 3.05) is 19.8 Å². The SMILES string of the molecule is CCOCCCNC(=NCc1cc(F)ccc1F)NCc1nnc(C)n1C.I. The number of nitrogens with one attached hydrogen (secondary N) is 2. The van der Waals surface area contributed by atoms with Gasteiger partial charge in [-0.25, -0.2) is 13.8 Å². The third-order valence-corrected chi connectivity index (χ3v) is 3.97. The molecule has 0 aliphatic rings. The molecule has 2 aromatic rings. The summed E-state index contributed by atoms with van der Waals surface area (Å²) in [6.07, 6.45) is 0.798. The van der Waals surface area contributed by atoms with E-state index in [0.717, 1.165) is 36.3 Å². The molecule has 2 rings (SSSR count). The van der Waals surface area contributed by atoms with Crippen LogP contribution in [0.3, 0.4) is 0 Å². The second-order valence-corrected chi connectivity index (χ2v) is 5.95. The second-order valence-electron chi connectivity index (χ2n) is 5.95. The van der Waals surface area contributed by atoms with Gasteiger partial charge in [0.15, 0.2) is 11.8 Å². The summed E-state index contributed by atoms with van der Waals surface area (Å²) in [6.45, 7) is 6.17. The summed E-state index contributed by atoms with van der Waals surface area (Å²) in [5.74, 6) is 1.05. The van der Waals surface area contributed by atoms with Gasteiger partial charge in [-0.15, -0.1) is 34.2 Å². The Morgan fingerprint density at radius 2 is 2.04 bits per heavy atom. The molecule has 10 heteroatoms. The van der Waals surface area contributed by atoms with Crippen molar-refractivity contribution in [2.45, 2.75) is 33.4 Å². The van der Waals surface area contributed by atoms with Gasteiger partial charge >= 0.3 is 0 Å². The van der Waals surface area contributed by atoms with Gasteiger partial charge in [0.05, 0.1) is 13.1 Å². The minimum absolute atomic E-state index is 0. The van der Waals surface area contributed by atoms with Crippen LogP contribution >= 0.6 is 24.0 Å². The fraction of sp³-hybridized carbons (Fsp3) is 0.500. The van der Waals surface area contributed by atoms with Gasteiger partial charge in [0.2, 0.25) is 0 Å². The van der Waals surface area contributed by atoms with E-state index in [9.17, 15) is 8.78 Å². The van der Waals surface area contributed by atoms with Gasteiger partial charge in [0.25, 0.3) is 0 Å². The third kappa shape index (κ3) is 7.66. The highest BCUT2D eigenvalue weighted by Gasteiger charge is 2.08. The number of nitrogens with zero attached hydrogens (tertiary/aromatic N) is 4. The van der Waals surface area contributed by atoms with Crippen LogP contribution in [0.5, 0.6) is 0 Å². The fourth-order valence-corrected chi connectivity index (χ4v) is 2.30. The quantitative estimate of drug-likeness (QED) is 0.236. The molecule has 1 aromatic heterocycles. The average Bonchev–Trinajstić information content (AvgIpc) is 2.97. The smallest absolute Gasteiger partial charge is 0.191 e. The van der Waals surface area contributed by atoms with E-state index in [0.29, 0.717) is 32.3 Å². The Morgan fingerprint density at radius 3 is 2.71 bits per heavy atom. The highest BCUT2D eigenvalue weighted by Crippen LogP contribution is 2.10. The van der Waals surface area contributed by atoms with Crippen molar-refractivity contribution in [1.29, 1.82) is 0 Å². The molecule has 0 aliphatic heterocycles. The number of ether oxygens (including phenoxy) is 1. The number of benzene rings is 1. The summed E-state index contributed by atoms with van der Waals surface area (Å²) in [4.78, 5) is 4.35. The number of aliphatic imine (C=N–C) groups is 1. The molecular weight excluding hydrogens is 481 g/mol. The highest BCUT2D eigenvalue weighted by atomic mass is 127. The lowest BCUT2D eigenvalue weighted by Crippen LogP contribution is -2.38. The summed E-state index contributed by atoms with van der Waals surface area (Å²) >= 11 is 0. The molecule has 7 nitrogen and oxygen atoms in total. The van der Waals surface area contributed by atoms with Crippen molar-refractivity contribution in [2.24, 2.45) is 12.0 Å². The Balaban J connectivity index is 0.00000392. The van der Waals surface area contributed by atoms with Crippen LogP contribution in [0.2, 0.25) is 0 Å². The molecule has 0 bridgehead atoms. The number of halogens is 3. The summed E-state index contributed by atoms with van der Waals surface area (Å²) < 4.78 is 34.3. The van der Waals surface area contributed by atoms with Crippen LogP contribution in [0.25, 0.3) is 0 Å². The maximum absolute atomic E-state index is 13.8. The van der Waals surface area contributed by atoms with Gasteiger partial charge in [-0.2, -0.15) is 0 Å². The van der Waals surface area contributed by atoms with Gasteiger partial charge in [0.1, 0.15) is 17.5 Å². The minimum Gasteiger partial charge on any atom is -0.382 e. The third-order valence-electron chi connectivity index (χ3n) is 3.97. The molecule has 0 aliphatic carbocycles. The Kier molecular flexibility index (Phi) is 10.9. The summed E-state index contributed by atoms with van der Waals surface area (Å²) in [5.41, 5.74) is 0.194. The van der Waals surface area contributed by atoms with Crippen molar-refractivity contribution < 1.29 is 13.5 Å². The van der Waals surface area contributed by atoms with Crippen LogP contribution in [-0.2, 0) is 24.9 Å². The van der Waals surface area contributed by atoms with Gasteiger partial charge in [-0.1, -0.05) is 0 Å². The molecule has 1 aromatic carbocycles. The lowest BCUT2D eigenvalue weighted by Gasteiger charge is -2.13. The number of aryl methyl sites for hydroxylation is 1. The van der Waals surface area contributed by atoms with Gasteiger partial charge in [0, 0.05) is 32.4 Å². The predicted molar refractivity (Wildman–Crippen MR) is 115 cm³/mol. The number of rotatable bonds is 9. The number of hydrogen-bond acceptors (Lipinski definition) is 4. The minimum atomic E-state index is -0.490. The van der Waals surface area contributed by atoms with Gasteiger partial charge in [-0.3, -0.25) is 0 Å². The van der Waals surface area contributed by atoms with E-state index in [1.165, 1.54) is 0 Å². The standard InChI is InChI=1S/C18H26F2N6O.HI/c1-4-27-9-5-8-21-18(23-12-17-25-24-13(2)26(17)3)22-11-14-10-15(19)6-7-16(14)20;/h6-7,10H,4-5,8-9,11-12H2,1-3H3,(H2,21,22,23);1H. The zero-order valence-corrected chi connectivity index (χ0v) is 18.7.